The Morgan fingerprint density at radius 2 is 0.821 bits per heavy atom. The van der Waals surface area contributed by atoms with Gasteiger partial charge in [-0.05, 0) is 33.4 Å². The molecular weight excluding hydrogens is 344 g/mol. The average Bonchev–Trinajstić information content (AvgIpc) is 2.76. The summed E-state index contributed by atoms with van der Waals surface area (Å²) in [5, 5.41) is 9.85. The highest BCUT2D eigenvalue weighted by Gasteiger charge is 2.22. The van der Waals surface area contributed by atoms with E-state index < -0.39 is 11.9 Å². The van der Waals surface area contributed by atoms with Gasteiger partial charge in [-0.1, -0.05) is 109 Å². The van der Waals surface area contributed by atoms with Crippen LogP contribution in [0.5, 0.6) is 0 Å². The Labute approximate surface area is 164 Å². The summed E-state index contributed by atoms with van der Waals surface area (Å²) in [7, 11) is 0. The van der Waals surface area contributed by atoms with Crippen molar-refractivity contribution in [1.29, 1.82) is 0 Å². The zero-order valence-corrected chi connectivity index (χ0v) is 15.3. The summed E-state index contributed by atoms with van der Waals surface area (Å²) in [5.74, 6) is -1.53. The molecule has 0 fully saturated rings. The van der Waals surface area contributed by atoms with Crippen LogP contribution < -0.4 is 0 Å². The summed E-state index contributed by atoms with van der Waals surface area (Å²) in [4.78, 5) is 12.0. The molecule has 0 aliphatic rings. The standard InChI is InChI=1S/C26H20O2/c27-26(28)25(23-15-11-21(12-16-23)19-7-3-1-4-8-19)24-17-13-22(14-18-24)20-9-5-2-6-10-20/h1-18,25H,(H,27,28). The smallest absolute Gasteiger partial charge is 0.315 e. The van der Waals surface area contributed by atoms with Crippen LogP contribution in [0.3, 0.4) is 0 Å². The van der Waals surface area contributed by atoms with E-state index in [0.717, 1.165) is 33.4 Å². The molecule has 0 amide bonds. The van der Waals surface area contributed by atoms with Crippen LogP contribution in [0.1, 0.15) is 17.0 Å². The van der Waals surface area contributed by atoms with Crippen LogP contribution in [-0.4, -0.2) is 11.1 Å². The number of carbonyl (C=O) groups is 1. The van der Waals surface area contributed by atoms with E-state index >= 15 is 0 Å². The van der Waals surface area contributed by atoms with E-state index in [1.54, 1.807) is 0 Å². The fourth-order valence-corrected chi connectivity index (χ4v) is 3.47. The molecule has 0 atom stereocenters. The van der Waals surface area contributed by atoms with Gasteiger partial charge < -0.3 is 5.11 Å². The number of hydrogen-bond acceptors (Lipinski definition) is 1. The molecule has 0 radical (unpaired) electrons. The fraction of sp³-hybridized carbons (Fsp3) is 0.0385. The molecule has 4 rings (SSSR count). The van der Waals surface area contributed by atoms with Crippen molar-refractivity contribution in [1.82, 2.24) is 0 Å². The lowest BCUT2D eigenvalue weighted by Gasteiger charge is -2.15. The summed E-state index contributed by atoms with van der Waals surface area (Å²) in [5.41, 5.74) is 5.95. The molecule has 0 aromatic heterocycles. The molecule has 0 aliphatic carbocycles. The van der Waals surface area contributed by atoms with Gasteiger partial charge in [-0.15, -0.1) is 0 Å². The highest BCUT2D eigenvalue weighted by atomic mass is 16.4. The lowest BCUT2D eigenvalue weighted by Crippen LogP contribution is -2.13. The predicted molar refractivity (Wildman–Crippen MR) is 113 cm³/mol. The van der Waals surface area contributed by atoms with Crippen LogP contribution in [0.15, 0.2) is 109 Å². The van der Waals surface area contributed by atoms with Crippen LogP contribution >= 0.6 is 0 Å². The van der Waals surface area contributed by atoms with Crippen molar-refractivity contribution < 1.29 is 9.90 Å². The fourth-order valence-electron chi connectivity index (χ4n) is 3.47. The number of benzene rings is 4. The van der Waals surface area contributed by atoms with Crippen molar-refractivity contribution in [2.75, 3.05) is 0 Å². The van der Waals surface area contributed by atoms with Crippen LogP contribution in [0.4, 0.5) is 0 Å². The third kappa shape index (κ3) is 3.72. The number of rotatable bonds is 5. The van der Waals surface area contributed by atoms with Gasteiger partial charge in [-0.3, -0.25) is 4.79 Å². The van der Waals surface area contributed by atoms with Gasteiger partial charge in [0.05, 0.1) is 0 Å². The number of hydrogen-bond donors (Lipinski definition) is 1. The first-order valence-electron chi connectivity index (χ1n) is 9.26. The van der Waals surface area contributed by atoms with Gasteiger partial charge in [0.25, 0.3) is 0 Å². The maximum atomic E-state index is 12.0. The topological polar surface area (TPSA) is 37.3 Å². The largest absolute Gasteiger partial charge is 0.481 e. The lowest BCUT2D eigenvalue weighted by atomic mass is 9.89. The van der Waals surface area contributed by atoms with E-state index in [4.69, 9.17) is 0 Å². The van der Waals surface area contributed by atoms with Gasteiger partial charge >= 0.3 is 5.97 Å². The monoisotopic (exact) mass is 364 g/mol. The molecule has 4 aromatic rings. The van der Waals surface area contributed by atoms with E-state index in [-0.39, 0.29) is 0 Å². The quantitative estimate of drug-likeness (QED) is 0.455. The zero-order chi connectivity index (χ0) is 19.3. The third-order valence-corrected chi connectivity index (χ3v) is 4.95. The van der Waals surface area contributed by atoms with E-state index in [0.29, 0.717) is 0 Å². The summed E-state index contributed by atoms with van der Waals surface area (Å²) in [6.45, 7) is 0. The molecule has 1 N–H and O–H groups in total. The van der Waals surface area contributed by atoms with Crippen LogP contribution in [0.2, 0.25) is 0 Å². The molecule has 28 heavy (non-hydrogen) atoms. The average molecular weight is 364 g/mol. The van der Waals surface area contributed by atoms with Gasteiger partial charge in [0.1, 0.15) is 5.92 Å². The van der Waals surface area contributed by atoms with Crippen molar-refractivity contribution >= 4 is 5.97 Å². The summed E-state index contributed by atoms with van der Waals surface area (Å²) in [6, 6.07) is 35.7. The molecule has 136 valence electrons. The second-order valence-corrected chi connectivity index (χ2v) is 6.75. The van der Waals surface area contributed by atoms with Gasteiger partial charge in [-0.2, -0.15) is 0 Å². The van der Waals surface area contributed by atoms with Crippen molar-refractivity contribution in [3.63, 3.8) is 0 Å². The predicted octanol–water partition coefficient (Wildman–Crippen LogP) is 6.24. The molecule has 4 aromatic carbocycles. The molecule has 0 aliphatic heterocycles. The third-order valence-electron chi connectivity index (χ3n) is 4.95. The Morgan fingerprint density at radius 1 is 0.500 bits per heavy atom. The van der Waals surface area contributed by atoms with Crippen molar-refractivity contribution in [2.45, 2.75) is 5.92 Å². The molecule has 0 saturated carbocycles. The summed E-state index contributed by atoms with van der Waals surface area (Å²) < 4.78 is 0. The first kappa shape index (κ1) is 17.7. The Bertz CT molecular complexity index is 968. The molecule has 2 nitrogen and oxygen atoms in total. The van der Waals surface area contributed by atoms with Crippen molar-refractivity contribution in [2.24, 2.45) is 0 Å². The summed E-state index contributed by atoms with van der Waals surface area (Å²) in [6.07, 6.45) is 0. The van der Waals surface area contributed by atoms with Gasteiger partial charge in [0.15, 0.2) is 0 Å². The number of aliphatic carboxylic acids is 1. The lowest BCUT2D eigenvalue weighted by molar-refractivity contribution is -0.137. The van der Waals surface area contributed by atoms with Gasteiger partial charge in [-0.25, -0.2) is 0 Å². The molecule has 2 heteroatoms. The number of carboxylic acids is 1. The number of carboxylic acid groups (broad SMARTS) is 1. The molecule has 0 saturated heterocycles. The second-order valence-electron chi connectivity index (χ2n) is 6.75. The highest BCUT2D eigenvalue weighted by Crippen LogP contribution is 2.29. The molecular formula is C26H20O2. The van der Waals surface area contributed by atoms with Gasteiger partial charge in [0.2, 0.25) is 0 Å². The molecule has 0 unspecified atom stereocenters. The summed E-state index contributed by atoms with van der Waals surface area (Å²) >= 11 is 0. The minimum absolute atomic E-state index is 0.686. The zero-order valence-electron chi connectivity index (χ0n) is 15.3. The normalized spacial score (nSPS) is 10.8. The second kappa shape index (κ2) is 7.93. The minimum Gasteiger partial charge on any atom is -0.481 e. The van der Waals surface area contributed by atoms with E-state index in [9.17, 15) is 9.90 Å². The van der Waals surface area contributed by atoms with Gasteiger partial charge in [0, 0.05) is 0 Å². The Hall–Kier alpha value is -3.65. The maximum Gasteiger partial charge on any atom is 0.315 e. The van der Waals surface area contributed by atoms with E-state index in [2.05, 4.69) is 0 Å². The maximum absolute atomic E-state index is 12.0. The van der Waals surface area contributed by atoms with Crippen LogP contribution in [-0.2, 0) is 4.79 Å². The SMILES string of the molecule is O=C(O)C(c1ccc(-c2ccccc2)cc1)c1ccc(-c2ccccc2)cc1. The Kier molecular flexibility index (Phi) is 5.03. The first-order valence-corrected chi connectivity index (χ1v) is 9.26. The van der Waals surface area contributed by atoms with Crippen LogP contribution in [0, 0.1) is 0 Å². The van der Waals surface area contributed by atoms with Crippen molar-refractivity contribution in [3.05, 3.63) is 120 Å². The Morgan fingerprint density at radius 3 is 1.14 bits per heavy atom. The first-order chi connectivity index (χ1) is 13.7. The highest BCUT2D eigenvalue weighted by molar-refractivity contribution is 5.81. The molecule has 0 bridgehead atoms. The van der Waals surface area contributed by atoms with Crippen molar-refractivity contribution in [3.8, 4) is 22.3 Å². The van der Waals surface area contributed by atoms with E-state index in [1.165, 1.54) is 0 Å². The van der Waals surface area contributed by atoms with E-state index in [1.807, 2.05) is 109 Å². The Balaban J connectivity index is 1.63. The van der Waals surface area contributed by atoms with Crippen LogP contribution in [0.25, 0.3) is 22.3 Å². The molecule has 0 spiro atoms. The minimum atomic E-state index is -0.847. The molecule has 0 heterocycles.